The number of aryl methyl sites for hydroxylation is 1. The molecule has 0 saturated carbocycles. The summed E-state index contributed by atoms with van der Waals surface area (Å²) in [7, 11) is 1.57. The van der Waals surface area contributed by atoms with Crippen LogP contribution in [-0.4, -0.2) is 51.3 Å². The summed E-state index contributed by atoms with van der Waals surface area (Å²) in [5.74, 6) is 3.02. The zero-order valence-corrected chi connectivity index (χ0v) is 15.7. The van der Waals surface area contributed by atoms with Crippen LogP contribution in [0.2, 0.25) is 0 Å². The number of nitrogens with one attached hydrogen (secondary N) is 2. The van der Waals surface area contributed by atoms with Gasteiger partial charge in [0.2, 0.25) is 23.7 Å². The quantitative estimate of drug-likeness (QED) is 0.686. The molecular formula is C18H21N7O3. The van der Waals surface area contributed by atoms with Gasteiger partial charge in [0, 0.05) is 31.3 Å². The molecule has 4 heterocycles. The monoisotopic (exact) mass is 383 g/mol. The first-order chi connectivity index (χ1) is 13.6. The molecule has 0 aliphatic carbocycles. The molecule has 1 amide bonds. The number of carbonyl (C=O) groups excluding carboxylic acids is 1. The topological polar surface area (TPSA) is 122 Å². The summed E-state index contributed by atoms with van der Waals surface area (Å²) in [6.07, 6.45) is 3.06. The molecule has 10 nitrogen and oxygen atoms in total. The fourth-order valence-corrected chi connectivity index (χ4v) is 3.14. The van der Waals surface area contributed by atoms with Gasteiger partial charge in [-0.25, -0.2) is 4.98 Å². The van der Waals surface area contributed by atoms with Crippen LogP contribution < -0.4 is 15.0 Å². The average molecular weight is 383 g/mol. The molecule has 0 unspecified atom stereocenters. The number of aromatic nitrogens is 5. The van der Waals surface area contributed by atoms with E-state index in [1.54, 1.807) is 25.4 Å². The molecule has 3 aromatic heterocycles. The Balaban J connectivity index is 1.33. The van der Waals surface area contributed by atoms with Crippen LogP contribution in [0.15, 0.2) is 28.8 Å². The molecule has 0 bridgehead atoms. The van der Waals surface area contributed by atoms with Gasteiger partial charge in [-0.15, -0.1) is 5.10 Å². The van der Waals surface area contributed by atoms with Crippen molar-refractivity contribution in [3.05, 3.63) is 30.2 Å². The second-order valence-corrected chi connectivity index (χ2v) is 6.57. The maximum atomic E-state index is 12.6. The molecule has 1 aliphatic rings. The minimum Gasteiger partial charge on any atom is -0.481 e. The number of piperidine rings is 1. The van der Waals surface area contributed by atoms with Crippen molar-refractivity contribution in [2.45, 2.75) is 19.8 Å². The largest absolute Gasteiger partial charge is 0.481 e. The minimum absolute atomic E-state index is 0.0904. The summed E-state index contributed by atoms with van der Waals surface area (Å²) >= 11 is 0. The number of nitrogens with zero attached hydrogens (tertiary/aromatic N) is 5. The first-order valence-electron chi connectivity index (χ1n) is 9.04. The molecule has 4 rings (SSSR count). The number of amides is 1. The normalized spacial score (nSPS) is 14.9. The molecular weight excluding hydrogens is 362 g/mol. The van der Waals surface area contributed by atoms with E-state index in [9.17, 15) is 4.79 Å². The Bertz CT molecular complexity index is 960. The second-order valence-electron chi connectivity index (χ2n) is 6.57. The Morgan fingerprint density at radius 1 is 1.29 bits per heavy atom. The fraction of sp³-hybridized carbons (Fsp3) is 0.389. The number of anilines is 2. The van der Waals surface area contributed by atoms with Crippen LogP contribution in [0, 0.1) is 12.8 Å². The van der Waals surface area contributed by atoms with E-state index in [1.165, 1.54) is 0 Å². The fourth-order valence-electron chi connectivity index (χ4n) is 3.14. The third-order valence-electron chi connectivity index (χ3n) is 4.67. The lowest BCUT2D eigenvalue weighted by atomic mass is 9.96. The first-order valence-corrected chi connectivity index (χ1v) is 9.04. The van der Waals surface area contributed by atoms with Crippen molar-refractivity contribution in [3.63, 3.8) is 0 Å². The van der Waals surface area contributed by atoms with Gasteiger partial charge in [0.1, 0.15) is 5.76 Å². The molecule has 0 spiro atoms. The number of H-pyrrole nitrogens is 1. The summed E-state index contributed by atoms with van der Waals surface area (Å²) in [6, 6.07) is 5.35. The highest BCUT2D eigenvalue weighted by Crippen LogP contribution is 2.23. The van der Waals surface area contributed by atoms with Crippen LogP contribution in [0.1, 0.15) is 18.6 Å². The second kappa shape index (κ2) is 7.67. The van der Waals surface area contributed by atoms with Crippen molar-refractivity contribution in [2.75, 3.05) is 30.4 Å². The first kappa shape index (κ1) is 18.0. The van der Waals surface area contributed by atoms with E-state index >= 15 is 0 Å². The zero-order chi connectivity index (χ0) is 19.5. The number of rotatable bonds is 5. The van der Waals surface area contributed by atoms with E-state index in [2.05, 4.69) is 35.4 Å². The zero-order valence-electron chi connectivity index (χ0n) is 15.7. The Morgan fingerprint density at radius 3 is 2.82 bits per heavy atom. The summed E-state index contributed by atoms with van der Waals surface area (Å²) in [5, 5.41) is 9.60. The van der Waals surface area contributed by atoms with Crippen molar-refractivity contribution < 1.29 is 13.9 Å². The maximum Gasteiger partial charge on any atom is 0.249 e. The van der Waals surface area contributed by atoms with E-state index in [-0.39, 0.29) is 17.8 Å². The Hall–Kier alpha value is -3.43. The third-order valence-corrected chi connectivity index (χ3v) is 4.67. The highest BCUT2D eigenvalue weighted by atomic mass is 16.5. The Morgan fingerprint density at radius 2 is 2.11 bits per heavy atom. The molecule has 1 saturated heterocycles. The van der Waals surface area contributed by atoms with Crippen molar-refractivity contribution >= 4 is 17.8 Å². The van der Waals surface area contributed by atoms with Gasteiger partial charge < -0.3 is 14.1 Å². The molecule has 3 aromatic rings. The minimum atomic E-state index is -0.116. The Kier molecular flexibility index (Phi) is 4.92. The maximum absolute atomic E-state index is 12.6. The summed E-state index contributed by atoms with van der Waals surface area (Å²) < 4.78 is 10.6. The van der Waals surface area contributed by atoms with Crippen molar-refractivity contribution in [2.24, 2.45) is 5.92 Å². The molecule has 0 radical (unpaired) electrons. The van der Waals surface area contributed by atoms with Gasteiger partial charge in [0.05, 0.1) is 7.11 Å². The predicted octanol–water partition coefficient (Wildman–Crippen LogP) is 2.03. The highest BCUT2D eigenvalue weighted by molar-refractivity contribution is 5.91. The van der Waals surface area contributed by atoms with Crippen LogP contribution in [0.25, 0.3) is 11.6 Å². The summed E-state index contributed by atoms with van der Waals surface area (Å²) in [6.45, 7) is 3.23. The summed E-state index contributed by atoms with van der Waals surface area (Å²) in [5.41, 5.74) is 0. The third kappa shape index (κ3) is 3.80. The molecule has 10 heteroatoms. The van der Waals surface area contributed by atoms with E-state index in [1.807, 2.05) is 13.0 Å². The highest BCUT2D eigenvalue weighted by Gasteiger charge is 2.27. The van der Waals surface area contributed by atoms with Crippen LogP contribution in [-0.2, 0) is 4.79 Å². The smallest absolute Gasteiger partial charge is 0.249 e. The van der Waals surface area contributed by atoms with Crippen LogP contribution in [0.4, 0.5) is 11.9 Å². The summed E-state index contributed by atoms with van der Waals surface area (Å²) in [4.78, 5) is 27.5. The Labute approximate surface area is 161 Å². The van der Waals surface area contributed by atoms with Gasteiger partial charge in [0.15, 0.2) is 11.6 Å². The molecule has 28 heavy (non-hydrogen) atoms. The van der Waals surface area contributed by atoms with Gasteiger partial charge in [-0.3, -0.25) is 15.2 Å². The van der Waals surface area contributed by atoms with Gasteiger partial charge >= 0.3 is 0 Å². The number of ether oxygens (including phenoxy) is 1. The molecule has 1 fully saturated rings. The molecule has 146 valence electrons. The van der Waals surface area contributed by atoms with E-state index in [0.717, 1.165) is 5.76 Å². The van der Waals surface area contributed by atoms with Crippen molar-refractivity contribution in [3.8, 4) is 17.5 Å². The van der Waals surface area contributed by atoms with Crippen LogP contribution >= 0.6 is 0 Å². The van der Waals surface area contributed by atoms with Crippen LogP contribution in [0.3, 0.4) is 0 Å². The molecule has 0 aromatic carbocycles. The number of methoxy groups -OCH3 is 1. The molecule has 1 aliphatic heterocycles. The van der Waals surface area contributed by atoms with E-state index < -0.39 is 0 Å². The standard InChI is InChI=1S/C18H21N7O3/c1-11-3-4-13(28-11)15-21-17(24-23-15)22-16(26)12-6-9-25(10-7-12)18-19-8-5-14(20-18)27-2/h3-5,8,12H,6-7,9-10H2,1-2H3,(H2,21,22,23,24,26). The average Bonchev–Trinajstić information content (AvgIpc) is 3.37. The van der Waals surface area contributed by atoms with E-state index in [4.69, 9.17) is 9.15 Å². The lowest BCUT2D eigenvalue weighted by Crippen LogP contribution is -2.39. The number of hydrogen-bond donors (Lipinski definition) is 2. The van der Waals surface area contributed by atoms with Gasteiger partial charge in [-0.1, -0.05) is 0 Å². The predicted molar refractivity (Wildman–Crippen MR) is 101 cm³/mol. The number of hydrogen-bond acceptors (Lipinski definition) is 8. The van der Waals surface area contributed by atoms with Crippen molar-refractivity contribution in [1.29, 1.82) is 0 Å². The van der Waals surface area contributed by atoms with Gasteiger partial charge in [-0.2, -0.15) is 9.97 Å². The number of aromatic amines is 1. The number of carbonyl (C=O) groups is 1. The lowest BCUT2D eigenvalue weighted by Gasteiger charge is -2.31. The lowest BCUT2D eigenvalue weighted by molar-refractivity contribution is -0.120. The van der Waals surface area contributed by atoms with Gasteiger partial charge in [-0.05, 0) is 31.9 Å². The molecule has 2 N–H and O–H groups in total. The van der Waals surface area contributed by atoms with Crippen molar-refractivity contribution in [1.82, 2.24) is 25.1 Å². The van der Waals surface area contributed by atoms with Gasteiger partial charge in [0.25, 0.3) is 0 Å². The van der Waals surface area contributed by atoms with E-state index in [0.29, 0.717) is 49.3 Å². The number of furan rings is 1. The molecule has 0 atom stereocenters. The van der Waals surface area contributed by atoms with Crippen LogP contribution in [0.5, 0.6) is 5.88 Å². The SMILES string of the molecule is COc1ccnc(N2CCC(C(=O)Nc3n[nH]c(-c4ccc(C)o4)n3)CC2)n1.